The van der Waals surface area contributed by atoms with Crippen LogP contribution in [0.25, 0.3) is 0 Å². The van der Waals surface area contributed by atoms with E-state index in [0.29, 0.717) is 0 Å². The number of rotatable bonds is 2. The van der Waals surface area contributed by atoms with E-state index in [9.17, 15) is 4.79 Å². The molecular weight excluding hydrogens is 124 g/mol. The van der Waals surface area contributed by atoms with E-state index in [0.717, 1.165) is 0 Å². The van der Waals surface area contributed by atoms with Gasteiger partial charge in [-0.3, -0.25) is 4.79 Å². The van der Waals surface area contributed by atoms with Crippen molar-refractivity contribution in [1.82, 2.24) is 0 Å². The van der Waals surface area contributed by atoms with Gasteiger partial charge in [0.1, 0.15) is 0 Å². The molecule has 1 radical (unpaired) electrons. The van der Waals surface area contributed by atoms with E-state index in [1.807, 2.05) is 0 Å². The fourth-order valence-electron chi connectivity index (χ4n) is 0.244. The van der Waals surface area contributed by atoms with Crippen LogP contribution < -0.4 is 0 Å². The van der Waals surface area contributed by atoms with Crippen LogP contribution in [0, 0.1) is 0 Å². The summed E-state index contributed by atoms with van der Waals surface area (Å²) in [5, 5.41) is 0. The van der Waals surface area contributed by atoms with E-state index in [4.69, 9.17) is 4.43 Å². The third-order valence-corrected chi connectivity index (χ3v) is 1.72. The smallest absolute Gasteiger partial charge is 0.456 e. The topological polar surface area (TPSA) is 35.5 Å². The average molecular weight is 133 g/mol. The molecule has 0 aliphatic rings. The summed E-state index contributed by atoms with van der Waals surface area (Å²) in [6.07, 6.45) is 0. The van der Waals surface area contributed by atoms with Gasteiger partial charge in [-0.05, 0) is 6.55 Å². The zero-order valence-electron chi connectivity index (χ0n) is 5.22. The number of hydrogen-bond acceptors (Lipinski definition) is 3. The minimum Gasteiger partial charge on any atom is -0.492 e. The Bertz CT molecular complexity index is 83.4. The SMILES string of the molecule is CO[Si](C)OC(C)=O. The molecule has 0 aromatic carbocycles. The predicted molar refractivity (Wildman–Crippen MR) is 30.4 cm³/mol. The van der Waals surface area contributed by atoms with E-state index in [2.05, 4.69) is 4.43 Å². The standard InChI is InChI=1S/C4H9O3Si/c1-4(5)7-8(3)6-2/h1-3H3. The van der Waals surface area contributed by atoms with Gasteiger partial charge >= 0.3 is 9.28 Å². The molecule has 0 rings (SSSR count). The van der Waals surface area contributed by atoms with Crippen molar-refractivity contribution in [3.63, 3.8) is 0 Å². The summed E-state index contributed by atoms with van der Waals surface area (Å²) in [5.41, 5.74) is 0. The summed E-state index contributed by atoms with van der Waals surface area (Å²) < 4.78 is 9.36. The summed E-state index contributed by atoms with van der Waals surface area (Å²) in [5.74, 6) is -0.275. The van der Waals surface area contributed by atoms with Crippen molar-refractivity contribution in [2.24, 2.45) is 0 Å². The fraction of sp³-hybridized carbons (Fsp3) is 0.750. The molecule has 0 fully saturated rings. The first-order chi connectivity index (χ1) is 3.66. The zero-order valence-corrected chi connectivity index (χ0v) is 6.22. The Morgan fingerprint density at radius 2 is 2.12 bits per heavy atom. The largest absolute Gasteiger partial charge is 0.492 e. The van der Waals surface area contributed by atoms with Crippen molar-refractivity contribution < 1.29 is 13.6 Å². The van der Waals surface area contributed by atoms with Gasteiger partial charge in [0.2, 0.25) is 0 Å². The highest BCUT2D eigenvalue weighted by Crippen LogP contribution is 1.84. The van der Waals surface area contributed by atoms with Crippen molar-refractivity contribution in [1.29, 1.82) is 0 Å². The molecule has 0 aliphatic heterocycles. The maximum atomic E-state index is 10.1. The highest BCUT2D eigenvalue weighted by molar-refractivity contribution is 6.44. The third-order valence-electron chi connectivity index (χ3n) is 0.575. The fourth-order valence-corrected chi connectivity index (χ4v) is 0.732. The molecule has 0 saturated carbocycles. The minimum absolute atomic E-state index is 0.275. The van der Waals surface area contributed by atoms with Gasteiger partial charge in [-0.1, -0.05) is 0 Å². The molecule has 8 heavy (non-hydrogen) atoms. The van der Waals surface area contributed by atoms with Gasteiger partial charge in [0, 0.05) is 14.0 Å². The van der Waals surface area contributed by atoms with Crippen LogP contribution in [-0.2, 0) is 13.6 Å². The first-order valence-corrected chi connectivity index (χ1v) is 4.04. The second kappa shape index (κ2) is 3.62. The summed E-state index contributed by atoms with van der Waals surface area (Å²) >= 11 is 0. The molecule has 0 atom stereocenters. The molecule has 0 saturated heterocycles. The van der Waals surface area contributed by atoms with Crippen molar-refractivity contribution in [2.45, 2.75) is 13.5 Å². The molecule has 0 spiro atoms. The van der Waals surface area contributed by atoms with Crippen LogP contribution in [0.1, 0.15) is 6.92 Å². The quantitative estimate of drug-likeness (QED) is 0.509. The molecule has 0 heterocycles. The Kier molecular flexibility index (Phi) is 3.46. The molecule has 47 valence electrons. The minimum atomic E-state index is -1.28. The molecular formula is C4H9O3Si. The van der Waals surface area contributed by atoms with Crippen molar-refractivity contribution in [2.75, 3.05) is 7.11 Å². The number of carbonyl (C=O) groups excluding carboxylic acids is 1. The van der Waals surface area contributed by atoms with Gasteiger partial charge in [0.05, 0.1) is 0 Å². The maximum Gasteiger partial charge on any atom is 0.456 e. The van der Waals surface area contributed by atoms with Gasteiger partial charge < -0.3 is 8.85 Å². The molecule has 0 N–H and O–H groups in total. The number of hydrogen-bond donors (Lipinski definition) is 0. The van der Waals surface area contributed by atoms with E-state index in [1.165, 1.54) is 14.0 Å². The van der Waals surface area contributed by atoms with E-state index in [-0.39, 0.29) is 5.97 Å². The molecule has 4 heteroatoms. The third kappa shape index (κ3) is 3.82. The van der Waals surface area contributed by atoms with Gasteiger partial charge in [-0.25, -0.2) is 0 Å². The molecule has 0 aromatic heterocycles. The van der Waals surface area contributed by atoms with Crippen LogP contribution in [0.5, 0.6) is 0 Å². The summed E-state index contributed by atoms with van der Waals surface area (Å²) in [4.78, 5) is 10.1. The van der Waals surface area contributed by atoms with Crippen LogP contribution >= 0.6 is 0 Å². The van der Waals surface area contributed by atoms with Gasteiger partial charge in [0.15, 0.2) is 0 Å². The van der Waals surface area contributed by atoms with Crippen LogP contribution in [0.15, 0.2) is 0 Å². The summed E-state index contributed by atoms with van der Waals surface area (Å²) in [7, 11) is 0.247. The molecule has 0 aromatic rings. The molecule has 0 bridgehead atoms. The summed E-state index contributed by atoms with van der Waals surface area (Å²) in [6, 6.07) is 0. The second-order valence-corrected chi connectivity index (χ2v) is 2.88. The predicted octanol–water partition coefficient (Wildman–Crippen LogP) is 0.314. The molecule has 0 unspecified atom stereocenters. The monoisotopic (exact) mass is 133 g/mol. The Labute approximate surface area is 50.4 Å². The van der Waals surface area contributed by atoms with E-state index < -0.39 is 9.28 Å². The van der Waals surface area contributed by atoms with Crippen LogP contribution in [-0.4, -0.2) is 22.4 Å². The summed E-state index contributed by atoms with van der Waals surface area (Å²) in [6.45, 7) is 3.12. The lowest BCUT2D eigenvalue weighted by atomic mass is 10.9. The highest BCUT2D eigenvalue weighted by Gasteiger charge is 2.07. The molecule has 3 nitrogen and oxygen atoms in total. The highest BCUT2D eigenvalue weighted by atomic mass is 28.3. The van der Waals surface area contributed by atoms with Gasteiger partial charge in [0.25, 0.3) is 5.97 Å². The first kappa shape index (κ1) is 7.65. The van der Waals surface area contributed by atoms with E-state index in [1.54, 1.807) is 6.55 Å². The Morgan fingerprint density at radius 1 is 1.62 bits per heavy atom. The molecule has 0 aliphatic carbocycles. The van der Waals surface area contributed by atoms with Gasteiger partial charge in [-0.15, -0.1) is 0 Å². The van der Waals surface area contributed by atoms with Crippen molar-refractivity contribution in [3.05, 3.63) is 0 Å². The van der Waals surface area contributed by atoms with Crippen LogP contribution in [0.3, 0.4) is 0 Å². The average Bonchev–Trinajstić information content (AvgIpc) is 1.65. The number of carbonyl (C=O) groups is 1. The Balaban J connectivity index is 3.24. The lowest BCUT2D eigenvalue weighted by Gasteiger charge is -2.03. The lowest BCUT2D eigenvalue weighted by molar-refractivity contribution is -0.133. The maximum absolute atomic E-state index is 10.1. The van der Waals surface area contributed by atoms with Crippen LogP contribution in [0.2, 0.25) is 6.55 Å². The van der Waals surface area contributed by atoms with Crippen molar-refractivity contribution in [3.8, 4) is 0 Å². The second-order valence-electron chi connectivity index (χ2n) is 1.29. The Hall–Kier alpha value is -0.353. The van der Waals surface area contributed by atoms with Crippen LogP contribution in [0.4, 0.5) is 0 Å². The van der Waals surface area contributed by atoms with E-state index >= 15 is 0 Å². The normalized spacial score (nSPS) is 9.50. The Morgan fingerprint density at radius 3 is 2.25 bits per heavy atom. The zero-order chi connectivity index (χ0) is 6.57. The van der Waals surface area contributed by atoms with Crippen molar-refractivity contribution >= 4 is 15.3 Å². The van der Waals surface area contributed by atoms with Gasteiger partial charge in [-0.2, -0.15) is 0 Å². The molecule has 0 amide bonds. The first-order valence-electron chi connectivity index (χ1n) is 2.22. The lowest BCUT2D eigenvalue weighted by Crippen LogP contribution is -2.18.